The van der Waals surface area contributed by atoms with Crippen molar-refractivity contribution >= 4 is 22.6 Å². The third kappa shape index (κ3) is 3.53. The molecule has 8 nitrogen and oxygen atoms in total. The highest BCUT2D eigenvalue weighted by atomic mass is 19.4. The number of ether oxygens (including phenoxy) is 1. The van der Waals surface area contributed by atoms with E-state index in [1.807, 2.05) is 0 Å². The van der Waals surface area contributed by atoms with Crippen molar-refractivity contribution in [3.05, 3.63) is 71.9 Å². The number of primary amides is 1. The number of esters is 1. The summed E-state index contributed by atoms with van der Waals surface area (Å²) in [6.45, 7) is 0. The van der Waals surface area contributed by atoms with Gasteiger partial charge in [-0.3, -0.25) is 9.78 Å². The topological polar surface area (TPSA) is 113 Å². The van der Waals surface area contributed by atoms with E-state index in [1.54, 1.807) is 24.3 Å². The van der Waals surface area contributed by atoms with E-state index in [0.717, 1.165) is 7.11 Å². The highest BCUT2D eigenvalue weighted by molar-refractivity contribution is 6.01. The third-order valence-corrected chi connectivity index (χ3v) is 4.70. The van der Waals surface area contributed by atoms with Crippen molar-refractivity contribution in [3.63, 3.8) is 0 Å². The summed E-state index contributed by atoms with van der Waals surface area (Å²) in [5.74, 6) is -2.13. The fourth-order valence-corrected chi connectivity index (χ4v) is 3.35. The molecule has 0 aliphatic rings. The van der Waals surface area contributed by atoms with Crippen molar-refractivity contribution in [3.8, 4) is 16.9 Å². The Kier molecular flexibility index (Phi) is 5.09. The Hall–Kier alpha value is -4.28. The molecule has 0 unspecified atom stereocenters. The number of carbonyl (C=O) groups is 2. The monoisotopic (exact) mass is 441 g/mol. The third-order valence-electron chi connectivity index (χ3n) is 4.70. The second-order valence-electron chi connectivity index (χ2n) is 6.65. The first-order valence-electron chi connectivity index (χ1n) is 9.10. The number of pyridine rings is 2. The lowest BCUT2D eigenvalue weighted by molar-refractivity contribution is -0.143. The Bertz CT molecular complexity index is 1360. The van der Waals surface area contributed by atoms with Crippen molar-refractivity contribution < 1.29 is 27.5 Å². The van der Waals surface area contributed by atoms with Crippen molar-refractivity contribution in [2.24, 2.45) is 5.73 Å². The van der Waals surface area contributed by atoms with Crippen LogP contribution in [0.2, 0.25) is 0 Å². The summed E-state index contributed by atoms with van der Waals surface area (Å²) in [5, 5.41) is 5.10. The van der Waals surface area contributed by atoms with E-state index in [2.05, 4.69) is 19.8 Å². The maximum absolute atomic E-state index is 14.2. The molecule has 11 heteroatoms. The van der Waals surface area contributed by atoms with Gasteiger partial charge in [0, 0.05) is 28.7 Å². The number of benzene rings is 1. The molecule has 0 atom stereocenters. The molecular weight excluding hydrogens is 427 g/mol. The van der Waals surface area contributed by atoms with Gasteiger partial charge >= 0.3 is 12.1 Å². The molecule has 162 valence electrons. The van der Waals surface area contributed by atoms with Gasteiger partial charge in [-0.1, -0.05) is 24.3 Å². The molecule has 4 aromatic rings. The van der Waals surface area contributed by atoms with E-state index >= 15 is 0 Å². The van der Waals surface area contributed by atoms with Crippen LogP contribution in [0.1, 0.15) is 26.5 Å². The minimum Gasteiger partial charge on any atom is -0.464 e. The van der Waals surface area contributed by atoms with Gasteiger partial charge in [-0.2, -0.15) is 18.3 Å². The van der Waals surface area contributed by atoms with Crippen LogP contribution >= 0.6 is 0 Å². The number of rotatable bonds is 4. The Morgan fingerprint density at radius 1 is 1.12 bits per heavy atom. The van der Waals surface area contributed by atoms with Crippen LogP contribution in [-0.2, 0) is 10.9 Å². The quantitative estimate of drug-likeness (QED) is 0.486. The van der Waals surface area contributed by atoms with Gasteiger partial charge < -0.3 is 10.5 Å². The van der Waals surface area contributed by atoms with E-state index in [4.69, 9.17) is 5.73 Å². The number of hydrogen-bond acceptors (Lipinski definition) is 6. The van der Waals surface area contributed by atoms with Crippen LogP contribution < -0.4 is 5.73 Å². The first-order valence-corrected chi connectivity index (χ1v) is 9.10. The highest BCUT2D eigenvalue weighted by Gasteiger charge is 2.42. The van der Waals surface area contributed by atoms with Crippen LogP contribution in [0.5, 0.6) is 0 Å². The molecule has 2 N–H and O–H groups in total. The maximum Gasteiger partial charge on any atom is 0.434 e. The lowest BCUT2D eigenvalue weighted by Gasteiger charge is -2.13. The lowest BCUT2D eigenvalue weighted by atomic mass is 10.0. The zero-order valence-electron chi connectivity index (χ0n) is 16.4. The van der Waals surface area contributed by atoms with Crippen LogP contribution in [0, 0.1) is 0 Å². The Labute approximate surface area is 178 Å². The number of nitrogens with zero attached hydrogens (tertiary/aromatic N) is 4. The lowest BCUT2D eigenvalue weighted by Crippen LogP contribution is -2.21. The number of methoxy groups -OCH3 is 1. The molecule has 0 fully saturated rings. The fourth-order valence-electron chi connectivity index (χ4n) is 3.35. The van der Waals surface area contributed by atoms with Crippen molar-refractivity contribution in [1.29, 1.82) is 0 Å². The van der Waals surface area contributed by atoms with Gasteiger partial charge in [-0.05, 0) is 12.1 Å². The molecule has 0 aliphatic carbocycles. The average molecular weight is 441 g/mol. The molecule has 4 rings (SSSR count). The minimum atomic E-state index is -4.98. The maximum atomic E-state index is 14.2. The molecule has 3 heterocycles. The number of aromatic nitrogens is 4. The average Bonchev–Trinajstić information content (AvgIpc) is 3.20. The van der Waals surface area contributed by atoms with E-state index < -0.39 is 29.3 Å². The molecule has 0 saturated heterocycles. The molecule has 0 aliphatic heterocycles. The largest absolute Gasteiger partial charge is 0.464 e. The van der Waals surface area contributed by atoms with E-state index in [-0.39, 0.29) is 22.6 Å². The predicted octanol–water partition coefficient (Wildman–Crippen LogP) is 3.39. The minimum absolute atomic E-state index is 0.00595. The first-order chi connectivity index (χ1) is 15.2. The number of amides is 1. The Morgan fingerprint density at radius 3 is 2.56 bits per heavy atom. The second-order valence-corrected chi connectivity index (χ2v) is 6.65. The highest BCUT2D eigenvalue weighted by Crippen LogP contribution is 2.39. The van der Waals surface area contributed by atoms with Gasteiger partial charge in [0.05, 0.1) is 24.6 Å². The SMILES string of the molecule is COC(=O)c1cc(-c2nn(-c3cncc4ccccc34)c(C(F)(F)F)c2C(N)=O)ccn1. The summed E-state index contributed by atoms with van der Waals surface area (Å²) in [6, 6.07) is 9.15. The predicted molar refractivity (Wildman–Crippen MR) is 107 cm³/mol. The number of alkyl halides is 3. The summed E-state index contributed by atoms with van der Waals surface area (Å²) in [7, 11) is 1.13. The smallest absolute Gasteiger partial charge is 0.434 e. The molecule has 0 bridgehead atoms. The zero-order chi connectivity index (χ0) is 23.0. The second kappa shape index (κ2) is 7.76. The summed E-state index contributed by atoms with van der Waals surface area (Å²) in [5.41, 5.74) is 2.68. The molecule has 0 radical (unpaired) electrons. The van der Waals surface area contributed by atoms with E-state index in [1.165, 1.54) is 30.7 Å². The van der Waals surface area contributed by atoms with Crippen LogP contribution in [0.3, 0.4) is 0 Å². The number of nitrogens with two attached hydrogens (primary N) is 1. The van der Waals surface area contributed by atoms with Crippen molar-refractivity contribution in [2.75, 3.05) is 7.11 Å². The van der Waals surface area contributed by atoms with Gasteiger partial charge in [-0.15, -0.1) is 0 Å². The van der Waals surface area contributed by atoms with Gasteiger partial charge in [0.1, 0.15) is 11.4 Å². The van der Waals surface area contributed by atoms with Gasteiger partial charge in [0.25, 0.3) is 5.91 Å². The van der Waals surface area contributed by atoms with E-state index in [0.29, 0.717) is 15.5 Å². The van der Waals surface area contributed by atoms with Crippen molar-refractivity contribution in [1.82, 2.24) is 19.7 Å². The molecule has 32 heavy (non-hydrogen) atoms. The van der Waals surface area contributed by atoms with E-state index in [9.17, 15) is 22.8 Å². The Morgan fingerprint density at radius 2 is 1.88 bits per heavy atom. The first kappa shape index (κ1) is 21.0. The normalized spacial score (nSPS) is 11.5. The molecular formula is C21H14F3N5O3. The van der Waals surface area contributed by atoms with Gasteiger partial charge in [0.2, 0.25) is 0 Å². The fraction of sp³-hybridized carbons (Fsp3) is 0.0952. The van der Waals surface area contributed by atoms with Crippen LogP contribution in [0.25, 0.3) is 27.7 Å². The summed E-state index contributed by atoms with van der Waals surface area (Å²) >= 11 is 0. The van der Waals surface area contributed by atoms with Crippen LogP contribution in [-0.4, -0.2) is 38.7 Å². The molecule has 0 saturated carbocycles. The molecule has 1 amide bonds. The number of hydrogen-bond donors (Lipinski definition) is 1. The number of fused-ring (bicyclic) bond motifs is 1. The summed E-state index contributed by atoms with van der Waals surface area (Å²) < 4.78 is 47.7. The molecule has 1 aromatic carbocycles. The summed E-state index contributed by atoms with van der Waals surface area (Å²) in [6.07, 6.45) is -1.08. The Balaban J connectivity index is 2.07. The standard InChI is InChI=1S/C21H14F3N5O3/c1-32-20(31)14-8-11(6-7-27-14)17-16(19(25)30)18(21(22,23)24)29(28-17)15-10-26-9-12-4-2-3-5-13(12)15/h2-10H,1H3,(H2,25,30). The van der Waals surface area contributed by atoms with Crippen LogP contribution in [0.4, 0.5) is 13.2 Å². The number of halogens is 3. The van der Waals surface area contributed by atoms with Gasteiger partial charge in [-0.25, -0.2) is 14.5 Å². The summed E-state index contributed by atoms with van der Waals surface area (Å²) in [4.78, 5) is 31.8. The molecule has 0 spiro atoms. The molecule has 3 aromatic heterocycles. The number of carbonyl (C=O) groups excluding carboxylic acids is 2. The van der Waals surface area contributed by atoms with Crippen molar-refractivity contribution in [2.45, 2.75) is 6.18 Å². The van der Waals surface area contributed by atoms with Gasteiger partial charge in [0.15, 0.2) is 5.69 Å². The van der Waals surface area contributed by atoms with Crippen LogP contribution in [0.15, 0.2) is 55.0 Å². The zero-order valence-corrected chi connectivity index (χ0v) is 16.4.